The van der Waals surface area contributed by atoms with E-state index in [0.717, 1.165) is 0 Å². The normalized spacial score (nSPS) is 15.8. The van der Waals surface area contributed by atoms with Gasteiger partial charge in [-0.2, -0.15) is 0 Å². The van der Waals surface area contributed by atoms with Crippen LogP contribution in [0.2, 0.25) is 0 Å². The molecule has 0 aliphatic heterocycles. The Morgan fingerprint density at radius 1 is 0.958 bits per heavy atom. The summed E-state index contributed by atoms with van der Waals surface area (Å²) in [5.41, 5.74) is 3.34. The molecule has 24 heavy (non-hydrogen) atoms. The molecule has 3 atom stereocenters. The monoisotopic (exact) mass is 340 g/mol. The summed E-state index contributed by atoms with van der Waals surface area (Å²) in [6.45, 7) is 12.9. The van der Waals surface area contributed by atoms with Gasteiger partial charge in [0.15, 0.2) is 6.29 Å². The number of carbonyl (C=O) groups excluding carboxylic acids is 1. The highest BCUT2D eigenvalue weighted by atomic mass is 16.4. The molecule has 0 radical (unpaired) electrons. The Bertz CT molecular complexity index is 470. The maximum absolute atomic E-state index is 9.76. The third kappa shape index (κ3) is 7.53. The summed E-state index contributed by atoms with van der Waals surface area (Å²) in [6, 6.07) is 8.94. The van der Waals surface area contributed by atoms with Crippen LogP contribution in [0.25, 0.3) is 0 Å². The lowest BCUT2D eigenvalue weighted by atomic mass is 9.81. The predicted octanol–water partition coefficient (Wildman–Crippen LogP) is 1.54. The molecule has 5 heteroatoms. The number of aldehydes is 1. The first kappa shape index (κ1) is 22.7. The van der Waals surface area contributed by atoms with Crippen LogP contribution in [0, 0.1) is 0 Å². The highest BCUT2D eigenvalue weighted by Gasteiger charge is 2.23. The summed E-state index contributed by atoms with van der Waals surface area (Å²) < 4.78 is 0. The van der Waals surface area contributed by atoms with Crippen LogP contribution in [-0.4, -0.2) is 51.6 Å². The molecule has 0 heterocycles. The molecule has 0 unspecified atom stereocenters. The first-order valence-electron chi connectivity index (χ1n) is 8.06. The minimum absolute atomic E-state index is 0.0869. The van der Waals surface area contributed by atoms with Gasteiger partial charge in [-0.25, -0.2) is 0 Å². The second-order valence-corrected chi connectivity index (χ2v) is 7.95. The van der Waals surface area contributed by atoms with E-state index in [4.69, 9.17) is 20.4 Å². The van der Waals surface area contributed by atoms with Gasteiger partial charge in [0.1, 0.15) is 18.3 Å². The molecule has 0 spiro atoms. The van der Waals surface area contributed by atoms with Crippen molar-refractivity contribution in [3.05, 3.63) is 35.4 Å². The van der Waals surface area contributed by atoms with Crippen molar-refractivity contribution >= 4 is 6.29 Å². The molecule has 5 nitrogen and oxygen atoms in total. The fraction of sp³-hybridized carbons (Fsp3) is 0.632. The van der Waals surface area contributed by atoms with Crippen LogP contribution in [0.3, 0.4) is 0 Å². The Morgan fingerprint density at radius 2 is 1.38 bits per heavy atom. The maximum Gasteiger partial charge on any atom is 0.151 e. The summed E-state index contributed by atoms with van der Waals surface area (Å²) in [7, 11) is 0. The van der Waals surface area contributed by atoms with Gasteiger partial charge in [-0.05, 0) is 22.0 Å². The average molecular weight is 340 g/mol. The lowest BCUT2D eigenvalue weighted by Crippen LogP contribution is -2.40. The molecular formula is C19H32O5. The third-order valence-electron chi connectivity index (χ3n) is 3.67. The van der Waals surface area contributed by atoms with Gasteiger partial charge < -0.3 is 25.2 Å². The summed E-state index contributed by atoms with van der Waals surface area (Å²) in [4.78, 5) is 9.76. The Morgan fingerprint density at radius 3 is 1.67 bits per heavy atom. The van der Waals surface area contributed by atoms with E-state index in [9.17, 15) is 4.79 Å². The Hall–Kier alpha value is -1.27. The minimum atomic E-state index is -1.64. The van der Waals surface area contributed by atoms with Crippen molar-refractivity contribution in [3.8, 4) is 0 Å². The zero-order valence-corrected chi connectivity index (χ0v) is 15.5. The second-order valence-electron chi connectivity index (χ2n) is 7.95. The summed E-state index contributed by atoms with van der Waals surface area (Å²) in [5, 5.41) is 34.1. The van der Waals surface area contributed by atoms with E-state index in [2.05, 4.69) is 65.8 Å². The van der Waals surface area contributed by atoms with Crippen molar-refractivity contribution in [3.63, 3.8) is 0 Å². The molecule has 0 aromatic heterocycles. The number of hydrogen-bond acceptors (Lipinski definition) is 5. The van der Waals surface area contributed by atoms with Gasteiger partial charge in [0.25, 0.3) is 0 Å². The van der Waals surface area contributed by atoms with Gasteiger partial charge in [-0.3, -0.25) is 0 Å². The van der Waals surface area contributed by atoms with Gasteiger partial charge >= 0.3 is 0 Å². The first-order valence-corrected chi connectivity index (χ1v) is 8.06. The van der Waals surface area contributed by atoms with Crippen LogP contribution in [0.1, 0.15) is 52.7 Å². The minimum Gasteiger partial charge on any atom is -0.394 e. The van der Waals surface area contributed by atoms with Gasteiger partial charge in [0.2, 0.25) is 0 Å². The van der Waals surface area contributed by atoms with E-state index in [1.807, 2.05) is 0 Å². The number of benzene rings is 1. The predicted molar refractivity (Wildman–Crippen MR) is 95.0 cm³/mol. The lowest BCUT2D eigenvalue weighted by molar-refractivity contribution is -0.127. The second kappa shape index (κ2) is 9.28. The Balaban J connectivity index is 0.000000470. The lowest BCUT2D eigenvalue weighted by Gasteiger charge is -2.24. The van der Waals surface area contributed by atoms with Crippen LogP contribution in [0.15, 0.2) is 24.3 Å². The summed E-state index contributed by atoms with van der Waals surface area (Å²) in [5.74, 6) is 0. The van der Waals surface area contributed by atoms with Gasteiger partial charge in [0, 0.05) is 0 Å². The van der Waals surface area contributed by atoms with E-state index in [0.29, 0.717) is 0 Å². The fourth-order valence-corrected chi connectivity index (χ4v) is 1.87. The van der Waals surface area contributed by atoms with Crippen molar-refractivity contribution in [1.82, 2.24) is 0 Å². The fourth-order valence-electron chi connectivity index (χ4n) is 1.87. The standard InChI is InChI=1S/C14H22.C5H10O5/c1-13(2,3)11-8-7-9-12(10-11)14(4,5)6;6-1-3(8)5(10)4(9)2-7/h7-10H,1-6H3;1,3-5,7-10H,2H2/t;3-,4+,5+/m.0/s1. The van der Waals surface area contributed by atoms with E-state index >= 15 is 0 Å². The van der Waals surface area contributed by atoms with Crippen molar-refractivity contribution in [2.24, 2.45) is 0 Å². The molecule has 0 amide bonds. The highest BCUT2D eigenvalue weighted by molar-refractivity contribution is 5.56. The number of aliphatic hydroxyl groups is 4. The van der Waals surface area contributed by atoms with Crippen molar-refractivity contribution in [2.75, 3.05) is 6.61 Å². The molecular weight excluding hydrogens is 308 g/mol. The molecule has 0 aliphatic rings. The number of rotatable bonds is 4. The molecule has 0 aliphatic carbocycles. The summed E-state index contributed by atoms with van der Waals surface area (Å²) in [6.07, 6.45) is -4.63. The van der Waals surface area contributed by atoms with Crippen LogP contribution < -0.4 is 0 Å². The maximum atomic E-state index is 9.76. The highest BCUT2D eigenvalue weighted by Crippen LogP contribution is 2.28. The smallest absolute Gasteiger partial charge is 0.151 e. The molecule has 4 N–H and O–H groups in total. The van der Waals surface area contributed by atoms with Crippen LogP contribution >= 0.6 is 0 Å². The largest absolute Gasteiger partial charge is 0.394 e. The molecule has 1 rings (SSSR count). The van der Waals surface area contributed by atoms with Gasteiger partial charge in [0.05, 0.1) is 6.61 Å². The quantitative estimate of drug-likeness (QED) is 0.623. The van der Waals surface area contributed by atoms with Crippen LogP contribution in [-0.2, 0) is 15.6 Å². The summed E-state index contributed by atoms with van der Waals surface area (Å²) >= 11 is 0. The Kier molecular flexibility index (Phi) is 8.78. The van der Waals surface area contributed by atoms with Crippen LogP contribution in [0.4, 0.5) is 0 Å². The van der Waals surface area contributed by atoms with Gasteiger partial charge in [-0.15, -0.1) is 0 Å². The first-order chi connectivity index (χ1) is 10.8. The zero-order valence-electron chi connectivity index (χ0n) is 15.5. The van der Waals surface area contributed by atoms with Gasteiger partial charge in [-0.1, -0.05) is 65.8 Å². The molecule has 0 saturated heterocycles. The molecule has 1 aromatic rings. The van der Waals surface area contributed by atoms with Crippen LogP contribution in [0.5, 0.6) is 0 Å². The number of hydrogen-bond donors (Lipinski definition) is 4. The van der Waals surface area contributed by atoms with E-state index < -0.39 is 24.9 Å². The molecule has 0 bridgehead atoms. The Labute approximate surface area is 145 Å². The van der Waals surface area contributed by atoms with Crippen molar-refractivity contribution in [2.45, 2.75) is 70.7 Å². The molecule has 0 fully saturated rings. The van der Waals surface area contributed by atoms with E-state index in [-0.39, 0.29) is 17.1 Å². The average Bonchev–Trinajstić information content (AvgIpc) is 2.51. The number of aliphatic hydroxyl groups excluding tert-OH is 4. The van der Waals surface area contributed by atoms with E-state index in [1.54, 1.807) is 0 Å². The zero-order chi connectivity index (χ0) is 19.1. The molecule has 0 saturated carbocycles. The number of carbonyl (C=O) groups is 1. The van der Waals surface area contributed by atoms with Crippen molar-refractivity contribution < 1.29 is 25.2 Å². The van der Waals surface area contributed by atoms with E-state index in [1.165, 1.54) is 11.1 Å². The molecule has 138 valence electrons. The topological polar surface area (TPSA) is 98.0 Å². The van der Waals surface area contributed by atoms with Crippen molar-refractivity contribution in [1.29, 1.82) is 0 Å². The SMILES string of the molecule is CC(C)(C)c1cccc(C(C)(C)C)c1.O=C[C@H](O)[C@@H](O)[C@H](O)CO. The third-order valence-corrected chi connectivity index (χ3v) is 3.67. The molecule has 1 aromatic carbocycles.